The zero-order valence-electron chi connectivity index (χ0n) is 16.5. The van der Waals surface area contributed by atoms with E-state index in [1.807, 2.05) is 50.2 Å². The average molecular weight is 390 g/mol. The molecular weight excluding hydrogens is 362 g/mol. The Balaban J connectivity index is 2.33. The molecule has 0 aliphatic rings. The molecule has 0 aliphatic carbocycles. The molecule has 2 rings (SSSR count). The number of phenolic OH excluding ortho intramolecular Hbond substituents is 1. The maximum Gasteiger partial charge on any atom is 0.302 e. The Morgan fingerprint density at radius 3 is 2.52 bits per heavy atom. The summed E-state index contributed by atoms with van der Waals surface area (Å²) < 4.78 is 4.97. The number of likely N-dealkylation sites (N-methyl/N-ethyl adjacent to an activating group) is 1. The van der Waals surface area contributed by atoms with Crippen LogP contribution in [-0.4, -0.2) is 42.0 Å². The normalized spacial score (nSPS) is 11.6. The number of ketones is 1. The van der Waals surface area contributed by atoms with E-state index in [2.05, 4.69) is 0 Å². The lowest BCUT2D eigenvalue weighted by Gasteiger charge is -2.25. The Morgan fingerprint density at radius 2 is 1.96 bits per heavy atom. The average Bonchev–Trinajstić information content (AvgIpc) is 3.09. The van der Waals surface area contributed by atoms with Crippen LogP contribution in [0, 0.1) is 0 Å². The Hall–Kier alpha value is -2.18. The maximum atomic E-state index is 12.8. The summed E-state index contributed by atoms with van der Waals surface area (Å²) in [7, 11) is 1.88. The minimum absolute atomic E-state index is 0.0423. The first-order valence-corrected chi connectivity index (χ1v) is 9.74. The number of phenols is 1. The third-order valence-corrected chi connectivity index (χ3v) is 5.09. The first kappa shape index (κ1) is 21.1. The molecule has 0 amide bonds. The molecule has 0 saturated carbocycles. The van der Waals surface area contributed by atoms with Crippen molar-refractivity contribution >= 4 is 23.1 Å². The minimum Gasteiger partial charge on any atom is -0.507 e. The molecule has 146 valence electrons. The summed E-state index contributed by atoms with van der Waals surface area (Å²) >= 11 is 1.41. The van der Waals surface area contributed by atoms with Gasteiger partial charge in [-0.2, -0.15) is 0 Å². The second-order valence-corrected chi connectivity index (χ2v) is 8.61. The van der Waals surface area contributed by atoms with E-state index in [0.29, 0.717) is 29.1 Å². The summed E-state index contributed by atoms with van der Waals surface area (Å²) in [4.78, 5) is 26.4. The van der Waals surface area contributed by atoms with Crippen molar-refractivity contribution in [1.29, 1.82) is 0 Å². The van der Waals surface area contributed by atoms with Crippen molar-refractivity contribution in [3.05, 3.63) is 51.2 Å². The van der Waals surface area contributed by atoms with Crippen molar-refractivity contribution in [2.24, 2.45) is 0 Å². The first-order valence-electron chi connectivity index (χ1n) is 8.86. The molecular formula is C21H27NO4S. The number of carbonyl (C=O) groups is 2. The van der Waals surface area contributed by atoms with Gasteiger partial charge in [-0.05, 0) is 36.0 Å². The second-order valence-electron chi connectivity index (χ2n) is 7.67. The van der Waals surface area contributed by atoms with Gasteiger partial charge in [0.05, 0.1) is 4.88 Å². The topological polar surface area (TPSA) is 66.8 Å². The lowest BCUT2D eigenvalue weighted by atomic mass is 9.83. The highest BCUT2D eigenvalue weighted by molar-refractivity contribution is 7.12. The van der Waals surface area contributed by atoms with Crippen LogP contribution in [0.15, 0.2) is 29.6 Å². The molecule has 1 aromatic carbocycles. The van der Waals surface area contributed by atoms with Crippen molar-refractivity contribution < 1.29 is 19.4 Å². The summed E-state index contributed by atoms with van der Waals surface area (Å²) in [6.45, 7) is 8.67. The van der Waals surface area contributed by atoms with E-state index in [1.165, 1.54) is 18.3 Å². The molecule has 0 atom stereocenters. The van der Waals surface area contributed by atoms with E-state index < -0.39 is 0 Å². The van der Waals surface area contributed by atoms with Crippen LogP contribution < -0.4 is 0 Å². The molecule has 5 nitrogen and oxygen atoms in total. The highest BCUT2D eigenvalue weighted by Crippen LogP contribution is 2.35. The fourth-order valence-corrected chi connectivity index (χ4v) is 3.47. The molecule has 0 unspecified atom stereocenters. The van der Waals surface area contributed by atoms with Crippen LogP contribution in [0.1, 0.15) is 54.1 Å². The summed E-state index contributed by atoms with van der Waals surface area (Å²) in [6, 6.07) is 7.21. The number of rotatable bonds is 7. The number of carbonyl (C=O) groups excluding carboxylic acids is 2. The molecule has 1 aromatic heterocycles. The molecule has 0 spiro atoms. The van der Waals surface area contributed by atoms with Gasteiger partial charge in [-0.25, -0.2) is 0 Å². The van der Waals surface area contributed by atoms with E-state index in [4.69, 9.17) is 4.74 Å². The minimum atomic E-state index is -0.315. The van der Waals surface area contributed by atoms with Gasteiger partial charge in [0, 0.05) is 36.7 Å². The van der Waals surface area contributed by atoms with Crippen molar-refractivity contribution in [2.45, 2.75) is 39.7 Å². The first-order chi connectivity index (χ1) is 12.6. The number of thiophene rings is 1. The second kappa shape index (κ2) is 8.67. The van der Waals surface area contributed by atoms with Crippen LogP contribution >= 0.6 is 11.3 Å². The predicted molar refractivity (Wildman–Crippen MR) is 108 cm³/mol. The molecule has 0 aliphatic heterocycles. The van der Waals surface area contributed by atoms with Crippen LogP contribution in [-0.2, 0) is 21.5 Å². The van der Waals surface area contributed by atoms with Gasteiger partial charge in [-0.1, -0.05) is 26.8 Å². The number of benzene rings is 1. The van der Waals surface area contributed by atoms with Gasteiger partial charge >= 0.3 is 5.97 Å². The van der Waals surface area contributed by atoms with Crippen molar-refractivity contribution in [2.75, 3.05) is 20.2 Å². The van der Waals surface area contributed by atoms with Gasteiger partial charge in [-0.15, -0.1) is 11.3 Å². The molecule has 1 N–H and O–H groups in total. The Labute approximate surface area is 164 Å². The third-order valence-electron chi connectivity index (χ3n) is 4.22. The highest BCUT2D eigenvalue weighted by Gasteiger charge is 2.24. The fourth-order valence-electron chi connectivity index (χ4n) is 2.78. The number of ether oxygens (including phenoxy) is 1. The fraction of sp³-hybridized carbons (Fsp3) is 0.429. The monoisotopic (exact) mass is 389 g/mol. The quantitative estimate of drug-likeness (QED) is 0.573. The number of aromatic hydroxyl groups is 1. The highest BCUT2D eigenvalue weighted by atomic mass is 32.1. The molecule has 2 aromatic rings. The molecule has 0 bridgehead atoms. The standard InChI is InChI=1S/C21H27NO4S/c1-14(23)26-9-8-22(5)13-16-11-15(20(25)18-7-6-10-27-18)12-17(19(16)24)21(2,3)4/h6-7,10-12,24H,8-9,13H2,1-5H3. The molecule has 6 heteroatoms. The predicted octanol–water partition coefficient (Wildman–Crippen LogP) is 3.98. The summed E-state index contributed by atoms with van der Waals surface area (Å²) in [5.41, 5.74) is 1.70. The molecule has 0 fully saturated rings. The maximum absolute atomic E-state index is 12.8. The number of hydrogen-bond donors (Lipinski definition) is 1. The van der Waals surface area contributed by atoms with E-state index >= 15 is 0 Å². The van der Waals surface area contributed by atoms with Crippen LogP contribution in [0.2, 0.25) is 0 Å². The van der Waals surface area contributed by atoms with Crippen molar-refractivity contribution in [3.63, 3.8) is 0 Å². The van der Waals surface area contributed by atoms with E-state index in [0.717, 1.165) is 5.56 Å². The number of hydrogen-bond acceptors (Lipinski definition) is 6. The number of nitrogens with zero attached hydrogens (tertiary/aromatic N) is 1. The van der Waals surface area contributed by atoms with Crippen LogP contribution in [0.5, 0.6) is 5.75 Å². The van der Waals surface area contributed by atoms with E-state index in [9.17, 15) is 14.7 Å². The van der Waals surface area contributed by atoms with Crippen LogP contribution in [0.25, 0.3) is 0 Å². The molecule has 0 radical (unpaired) electrons. The van der Waals surface area contributed by atoms with Gasteiger partial charge in [-0.3, -0.25) is 14.5 Å². The van der Waals surface area contributed by atoms with E-state index in [1.54, 1.807) is 12.1 Å². The lowest BCUT2D eigenvalue weighted by Crippen LogP contribution is -2.24. The van der Waals surface area contributed by atoms with Gasteiger partial charge in [0.15, 0.2) is 0 Å². The summed E-state index contributed by atoms with van der Waals surface area (Å²) in [5, 5.41) is 12.7. The zero-order valence-corrected chi connectivity index (χ0v) is 17.4. The van der Waals surface area contributed by atoms with Gasteiger partial charge in [0.2, 0.25) is 5.78 Å². The Bertz CT molecular complexity index is 806. The van der Waals surface area contributed by atoms with Crippen LogP contribution in [0.4, 0.5) is 0 Å². The molecule has 1 heterocycles. The third kappa shape index (κ3) is 5.65. The van der Waals surface area contributed by atoms with Crippen molar-refractivity contribution in [1.82, 2.24) is 4.90 Å². The van der Waals surface area contributed by atoms with E-state index in [-0.39, 0.29) is 29.5 Å². The zero-order chi connectivity index (χ0) is 20.2. The SMILES string of the molecule is CC(=O)OCCN(C)Cc1cc(C(=O)c2cccs2)cc(C(C)(C)C)c1O. The lowest BCUT2D eigenvalue weighted by molar-refractivity contribution is -0.141. The van der Waals surface area contributed by atoms with Gasteiger partial charge in [0.1, 0.15) is 12.4 Å². The smallest absolute Gasteiger partial charge is 0.302 e. The molecule has 0 saturated heterocycles. The van der Waals surface area contributed by atoms with Crippen molar-refractivity contribution in [3.8, 4) is 5.75 Å². The Kier molecular flexibility index (Phi) is 6.78. The van der Waals surface area contributed by atoms with Gasteiger partial charge < -0.3 is 9.84 Å². The molecule has 27 heavy (non-hydrogen) atoms. The number of esters is 1. The van der Waals surface area contributed by atoms with Gasteiger partial charge in [0.25, 0.3) is 0 Å². The summed E-state index contributed by atoms with van der Waals surface area (Å²) in [5.74, 6) is -0.145. The largest absolute Gasteiger partial charge is 0.507 e. The van der Waals surface area contributed by atoms with Crippen LogP contribution in [0.3, 0.4) is 0 Å². The Morgan fingerprint density at radius 1 is 1.26 bits per heavy atom. The summed E-state index contributed by atoms with van der Waals surface area (Å²) in [6.07, 6.45) is 0.